The third-order valence-electron chi connectivity index (χ3n) is 4.75. The van der Waals surface area contributed by atoms with Crippen LogP contribution in [0.2, 0.25) is 5.02 Å². The van der Waals surface area contributed by atoms with Crippen LogP contribution in [0.3, 0.4) is 0 Å². The average Bonchev–Trinajstić information content (AvgIpc) is 3.18. The highest BCUT2D eigenvalue weighted by Crippen LogP contribution is 2.27. The summed E-state index contributed by atoms with van der Waals surface area (Å²) in [7, 11) is 1.38. The van der Waals surface area contributed by atoms with E-state index in [1.165, 1.54) is 24.6 Å². The maximum Gasteiger partial charge on any atom is 0.343 e. The van der Waals surface area contributed by atoms with E-state index in [1.807, 2.05) is 13.0 Å². The van der Waals surface area contributed by atoms with Crippen LogP contribution in [-0.4, -0.2) is 23.8 Å². The van der Waals surface area contributed by atoms with E-state index in [0.717, 1.165) is 29.1 Å². The summed E-state index contributed by atoms with van der Waals surface area (Å²) in [6.45, 7) is 2.03. The van der Waals surface area contributed by atoms with E-state index in [0.29, 0.717) is 16.3 Å². The van der Waals surface area contributed by atoms with Crippen molar-refractivity contribution in [2.45, 2.75) is 32.8 Å². The van der Waals surface area contributed by atoms with Crippen LogP contribution in [0.15, 0.2) is 46.8 Å². The largest absolute Gasteiger partial charge is 0.391 e. The van der Waals surface area contributed by atoms with Crippen LogP contribution in [0.25, 0.3) is 0 Å². The van der Waals surface area contributed by atoms with Crippen LogP contribution >= 0.6 is 11.6 Å². The summed E-state index contributed by atoms with van der Waals surface area (Å²) in [4.78, 5) is 17.5. The molecule has 3 rings (SSSR count). The maximum atomic E-state index is 12.0. The van der Waals surface area contributed by atoms with E-state index >= 15 is 0 Å². The predicted molar refractivity (Wildman–Crippen MR) is 109 cm³/mol. The number of carbonyl (C=O) groups is 1. The van der Waals surface area contributed by atoms with Gasteiger partial charge in [-0.1, -0.05) is 46.2 Å². The van der Waals surface area contributed by atoms with Crippen molar-refractivity contribution in [2.75, 3.05) is 12.4 Å². The Hall–Kier alpha value is -2.93. The Labute approximate surface area is 168 Å². The molecule has 0 radical (unpaired) electrons. The van der Waals surface area contributed by atoms with Gasteiger partial charge in [0.05, 0.1) is 11.4 Å². The topological polar surface area (TPSA) is 90.1 Å². The normalized spacial score (nSPS) is 13.0. The molecule has 1 aliphatic carbocycles. The second-order valence-electron chi connectivity index (χ2n) is 6.57. The number of carbonyl (C=O) groups excluding carboxylic acids is 1. The summed E-state index contributed by atoms with van der Waals surface area (Å²) in [5.41, 5.74) is 12.7. The standard InChI is InChI=1S/C20H22ClN5O2/c1-13(15-8-3-6-14-7-4-9-16(14)15)24-28-12-17-18(21)10-5-11-19(17)23-20(27)26(2)25-22/h3,5-6,8,10-11,22H,4,7,9,12H2,1-2H3,(H,23,27)/b24-13-,25-22?. The molecular formula is C20H22ClN5O2. The number of nitrogens with zero attached hydrogens (tertiary/aromatic N) is 3. The monoisotopic (exact) mass is 399 g/mol. The number of nitrogens with one attached hydrogen (secondary N) is 2. The Bertz CT molecular complexity index is 929. The molecule has 0 heterocycles. The molecule has 0 bridgehead atoms. The van der Waals surface area contributed by atoms with E-state index in [2.05, 4.69) is 27.8 Å². The minimum absolute atomic E-state index is 0.101. The maximum absolute atomic E-state index is 12.0. The molecule has 7 nitrogen and oxygen atoms in total. The Morgan fingerprint density at radius 2 is 2.07 bits per heavy atom. The zero-order chi connectivity index (χ0) is 20.1. The lowest BCUT2D eigenvalue weighted by Gasteiger charge is -2.14. The van der Waals surface area contributed by atoms with Crippen LogP contribution in [0.5, 0.6) is 0 Å². The van der Waals surface area contributed by atoms with Crippen molar-refractivity contribution in [3.8, 4) is 0 Å². The molecule has 0 atom stereocenters. The smallest absolute Gasteiger partial charge is 0.343 e. The lowest BCUT2D eigenvalue weighted by molar-refractivity contribution is 0.131. The minimum Gasteiger partial charge on any atom is -0.391 e. The van der Waals surface area contributed by atoms with Crippen LogP contribution in [-0.2, 0) is 24.3 Å². The van der Waals surface area contributed by atoms with E-state index in [9.17, 15) is 4.79 Å². The molecule has 8 heteroatoms. The van der Waals surface area contributed by atoms with E-state index < -0.39 is 6.03 Å². The summed E-state index contributed by atoms with van der Waals surface area (Å²) in [6, 6.07) is 10.9. The first-order valence-corrected chi connectivity index (χ1v) is 9.36. The highest BCUT2D eigenvalue weighted by molar-refractivity contribution is 6.31. The Morgan fingerprint density at radius 3 is 2.86 bits per heavy atom. The lowest BCUT2D eigenvalue weighted by Crippen LogP contribution is -2.26. The van der Waals surface area contributed by atoms with E-state index in [4.69, 9.17) is 22.0 Å². The predicted octanol–water partition coefficient (Wildman–Crippen LogP) is 5.18. The first-order chi connectivity index (χ1) is 13.5. The van der Waals surface area contributed by atoms with Gasteiger partial charge in [-0.05, 0) is 49.4 Å². The molecule has 0 saturated carbocycles. The number of urea groups is 1. The van der Waals surface area contributed by atoms with Crippen LogP contribution in [0.4, 0.5) is 10.5 Å². The van der Waals surface area contributed by atoms with E-state index in [-0.39, 0.29) is 6.61 Å². The quantitative estimate of drug-likeness (QED) is 0.398. The van der Waals surface area contributed by atoms with Crippen molar-refractivity contribution in [1.82, 2.24) is 5.01 Å². The number of fused-ring (bicyclic) bond motifs is 1. The van der Waals surface area contributed by atoms with Crippen molar-refractivity contribution in [2.24, 2.45) is 10.4 Å². The summed E-state index contributed by atoms with van der Waals surface area (Å²) < 4.78 is 0. The first-order valence-electron chi connectivity index (χ1n) is 8.98. The average molecular weight is 400 g/mol. The zero-order valence-electron chi connectivity index (χ0n) is 15.8. The fourth-order valence-electron chi connectivity index (χ4n) is 3.27. The van der Waals surface area contributed by atoms with Gasteiger partial charge >= 0.3 is 6.03 Å². The summed E-state index contributed by atoms with van der Waals surface area (Å²) >= 11 is 6.28. The lowest BCUT2D eigenvalue weighted by atomic mass is 10.0. The molecule has 1 aliphatic rings. The molecule has 146 valence electrons. The molecule has 2 amide bonds. The van der Waals surface area contributed by atoms with Gasteiger partial charge in [0.2, 0.25) is 0 Å². The van der Waals surface area contributed by atoms with Gasteiger partial charge in [-0.2, -0.15) is 10.5 Å². The molecule has 28 heavy (non-hydrogen) atoms. The van der Waals surface area contributed by atoms with Gasteiger partial charge in [0.15, 0.2) is 0 Å². The molecule has 0 unspecified atom stereocenters. The molecule has 0 saturated heterocycles. The molecular weight excluding hydrogens is 378 g/mol. The van der Waals surface area contributed by atoms with E-state index in [1.54, 1.807) is 18.2 Å². The number of hydrogen-bond acceptors (Lipinski definition) is 5. The third kappa shape index (κ3) is 4.31. The number of anilines is 1. The molecule has 0 fully saturated rings. The van der Waals surface area contributed by atoms with Crippen molar-refractivity contribution in [3.63, 3.8) is 0 Å². The zero-order valence-corrected chi connectivity index (χ0v) is 16.6. The SMILES string of the molecule is C/C(=N/OCc1c(Cl)cccc1NC(=O)N(C)N=N)c1cccc2c1CCC2. The number of amides is 2. The third-order valence-corrected chi connectivity index (χ3v) is 5.10. The number of oxime groups is 1. The Balaban J connectivity index is 1.74. The molecule has 2 aromatic carbocycles. The number of rotatable bonds is 6. The van der Waals surface area contributed by atoms with Gasteiger partial charge in [-0.25, -0.2) is 4.79 Å². The van der Waals surface area contributed by atoms with Crippen LogP contribution in [0, 0.1) is 5.53 Å². The van der Waals surface area contributed by atoms with Gasteiger partial charge in [-0.3, -0.25) is 0 Å². The van der Waals surface area contributed by atoms with Crippen LogP contribution in [0.1, 0.15) is 35.6 Å². The number of benzene rings is 2. The highest BCUT2D eigenvalue weighted by Gasteiger charge is 2.16. The van der Waals surface area contributed by atoms with Crippen molar-refractivity contribution in [1.29, 1.82) is 5.53 Å². The van der Waals surface area contributed by atoms with Gasteiger partial charge in [0, 0.05) is 23.2 Å². The molecule has 2 aromatic rings. The van der Waals surface area contributed by atoms with Crippen molar-refractivity contribution >= 4 is 29.0 Å². The summed E-state index contributed by atoms with van der Waals surface area (Å²) in [6.07, 6.45) is 3.34. The number of hydrogen-bond donors (Lipinski definition) is 2. The number of halogens is 1. The first kappa shape index (κ1) is 19.8. The fraction of sp³-hybridized carbons (Fsp3) is 0.300. The second-order valence-corrected chi connectivity index (χ2v) is 6.97. The molecule has 0 aromatic heterocycles. The van der Waals surface area contributed by atoms with Gasteiger partial charge in [0.1, 0.15) is 6.61 Å². The molecule has 0 aliphatic heterocycles. The van der Waals surface area contributed by atoms with Crippen molar-refractivity contribution < 1.29 is 9.63 Å². The number of aryl methyl sites for hydroxylation is 1. The second kappa shape index (κ2) is 8.84. The Morgan fingerprint density at radius 1 is 1.29 bits per heavy atom. The van der Waals surface area contributed by atoms with Crippen LogP contribution < -0.4 is 5.32 Å². The molecule has 0 spiro atoms. The summed E-state index contributed by atoms with van der Waals surface area (Å²) in [5.74, 6) is 0. The minimum atomic E-state index is -0.543. The van der Waals surface area contributed by atoms with Gasteiger partial charge < -0.3 is 10.2 Å². The van der Waals surface area contributed by atoms with Gasteiger partial charge in [0.25, 0.3) is 0 Å². The molecule has 2 N–H and O–H groups in total. The van der Waals surface area contributed by atoms with Gasteiger partial charge in [-0.15, -0.1) is 0 Å². The summed E-state index contributed by atoms with van der Waals surface area (Å²) in [5, 5.41) is 11.3. The Kier molecular flexibility index (Phi) is 6.26. The fourth-order valence-corrected chi connectivity index (χ4v) is 3.49. The highest BCUT2D eigenvalue weighted by atomic mass is 35.5. The van der Waals surface area contributed by atoms with Crippen molar-refractivity contribution in [3.05, 3.63) is 63.7 Å².